The maximum Gasteiger partial charge on any atom is 2.00 e. The van der Waals surface area contributed by atoms with Gasteiger partial charge in [-0.05, 0) is 30.3 Å². The molecule has 0 N–H and O–H groups in total. The molecule has 1 aliphatic carbocycles. The van der Waals surface area contributed by atoms with Gasteiger partial charge in [-0.15, -0.1) is 41.5 Å². The number of hydrogen-bond acceptors (Lipinski definition) is 2. The summed E-state index contributed by atoms with van der Waals surface area (Å²) in [5.41, 5.74) is 6.61. The quantitative estimate of drug-likeness (QED) is 0.106. The number of nitrogens with zero attached hydrogens (tertiary/aromatic N) is 2. The fourth-order valence-electron chi connectivity index (χ4n) is 3.04. The molecule has 1 aliphatic rings. The Labute approximate surface area is 189 Å². The summed E-state index contributed by atoms with van der Waals surface area (Å²) >= 11 is 0. The fraction of sp³-hybridized carbons (Fsp3) is 0.0435. The van der Waals surface area contributed by atoms with Gasteiger partial charge in [0.15, 0.2) is 0 Å². The van der Waals surface area contributed by atoms with Gasteiger partial charge in [0.2, 0.25) is 0 Å². The van der Waals surface area contributed by atoms with Gasteiger partial charge in [0.1, 0.15) is 0 Å². The van der Waals surface area contributed by atoms with Gasteiger partial charge in [0.05, 0.1) is 40.5 Å². The topological polar surface area (TPSA) is 25.8 Å². The Bertz CT molecular complexity index is 1210. The maximum absolute atomic E-state index is 12.0. The molecule has 0 saturated carbocycles. The Morgan fingerprint density at radius 3 is 2.16 bits per heavy atom. The Balaban J connectivity index is 0.000000197. The molecule has 0 fully saturated rings. The molecule has 2 heterocycles. The third kappa shape index (κ3) is 4.57. The van der Waals surface area contributed by atoms with E-state index in [2.05, 4.69) is 23.2 Å². The minimum atomic E-state index is -2.17. The van der Waals surface area contributed by atoms with E-state index in [1.807, 2.05) is 36.4 Å². The SMILES string of the molecule is Fc1[c-]c(F)c(F)c(F)c1F.[Pt+2].[c-]1cccc2c1-c1nc(-c3ccccn3)ccc1C2. The Morgan fingerprint density at radius 2 is 1.48 bits per heavy atom. The molecule has 0 atom stereocenters. The van der Waals surface area contributed by atoms with Crippen molar-refractivity contribution in [3.63, 3.8) is 0 Å². The second-order valence-corrected chi connectivity index (χ2v) is 6.36. The zero-order valence-corrected chi connectivity index (χ0v) is 17.8. The summed E-state index contributed by atoms with van der Waals surface area (Å²) in [6, 6.07) is 20.5. The molecule has 8 heteroatoms. The van der Waals surface area contributed by atoms with Gasteiger partial charge in [0.25, 0.3) is 0 Å². The number of hydrogen-bond donors (Lipinski definition) is 0. The van der Waals surface area contributed by atoms with E-state index in [-0.39, 0.29) is 21.1 Å². The van der Waals surface area contributed by atoms with Gasteiger partial charge in [-0.1, -0.05) is 17.7 Å². The second kappa shape index (κ2) is 9.48. The number of aromatic nitrogens is 2. The third-order valence-electron chi connectivity index (χ3n) is 4.46. The van der Waals surface area contributed by atoms with Crippen molar-refractivity contribution in [2.24, 2.45) is 0 Å². The van der Waals surface area contributed by atoms with Crippen LogP contribution >= 0.6 is 0 Å². The largest absolute Gasteiger partial charge is 2.00 e. The molecule has 158 valence electrons. The first-order valence-corrected chi connectivity index (χ1v) is 8.77. The molecular formula is C23H11F5N2Pt. The molecule has 5 rings (SSSR count). The van der Waals surface area contributed by atoms with Crippen molar-refractivity contribution < 1.29 is 43.0 Å². The summed E-state index contributed by atoms with van der Waals surface area (Å²) in [5.74, 6) is -10.0. The molecule has 2 aromatic carbocycles. The van der Waals surface area contributed by atoms with Crippen molar-refractivity contribution in [3.05, 3.63) is 107 Å². The van der Waals surface area contributed by atoms with E-state index in [0.29, 0.717) is 0 Å². The van der Waals surface area contributed by atoms with Crippen molar-refractivity contribution in [2.45, 2.75) is 6.42 Å². The summed E-state index contributed by atoms with van der Waals surface area (Å²) < 4.78 is 59.9. The Kier molecular flexibility index (Phi) is 6.96. The molecule has 0 radical (unpaired) electrons. The Morgan fingerprint density at radius 1 is 0.742 bits per heavy atom. The van der Waals surface area contributed by atoms with Crippen LogP contribution in [0.2, 0.25) is 0 Å². The molecule has 0 saturated heterocycles. The standard InChI is InChI=1S/C17H11N2.C6F5.Pt/c1-2-6-14-12(5-1)11-13-8-9-16(19-17(13)14)15-7-3-4-10-18-15;7-2-1-3(8)5(10)6(11)4(2)9;/h1-5,7-10H,11H2;;/q2*-1;+2. The third-order valence-corrected chi connectivity index (χ3v) is 4.46. The first kappa shape index (κ1) is 22.8. The maximum atomic E-state index is 12.0. The number of pyridine rings is 2. The molecule has 31 heavy (non-hydrogen) atoms. The van der Waals surface area contributed by atoms with Gasteiger partial charge < -0.3 is 0 Å². The van der Waals surface area contributed by atoms with Crippen LogP contribution < -0.4 is 0 Å². The molecule has 2 nitrogen and oxygen atoms in total. The number of rotatable bonds is 1. The first-order valence-electron chi connectivity index (χ1n) is 8.77. The average molecular weight is 605 g/mol. The molecule has 2 aromatic heterocycles. The minimum absolute atomic E-state index is 0. The molecule has 0 bridgehead atoms. The first-order chi connectivity index (χ1) is 14.5. The number of benzene rings is 2. The van der Waals surface area contributed by atoms with E-state index >= 15 is 0 Å². The van der Waals surface area contributed by atoms with Crippen LogP contribution in [-0.4, -0.2) is 9.97 Å². The number of fused-ring (bicyclic) bond motifs is 3. The van der Waals surface area contributed by atoms with Crippen LogP contribution in [-0.2, 0) is 27.5 Å². The minimum Gasteiger partial charge on any atom is -0.294 e. The van der Waals surface area contributed by atoms with Gasteiger partial charge in [-0.3, -0.25) is 18.7 Å². The van der Waals surface area contributed by atoms with Crippen LogP contribution in [0.5, 0.6) is 0 Å². The van der Waals surface area contributed by atoms with E-state index < -0.39 is 29.1 Å². The summed E-state index contributed by atoms with van der Waals surface area (Å²) in [6.07, 6.45) is 2.75. The van der Waals surface area contributed by atoms with Crippen molar-refractivity contribution in [2.75, 3.05) is 0 Å². The average Bonchev–Trinajstić information content (AvgIpc) is 3.15. The molecule has 0 aliphatic heterocycles. The van der Waals surface area contributed by atoms with Gasteiger partial charge >= 0.3 is 21.1 Å². The number of halogens is 5. The van der Waals surface area contributed by atoms with Crippen LogP contribution in [0.25, 0.3) is 22.6 Å². The van der Waals surface area contributed by atoms with Crippen LogP contribution in [0.3, 0.4) is 0 Å². The fourth-order valence-corrected chi connectivity index (χ4v) is 3.04. The summed E-state index contributed by atoms with van der Waals surface area (Å²) in [6.45, 7) is 0. The van der Waals surface area contributed by atoms with Gasteiger partial charge in [0, 0.05) is 6.20 Å². The summed E-state index contributed by atoms with van der Waals surface area (Å²) in [5, 5.41) is 0. The predicted octanol–water partition coefficient (Wildman–Crippen LogP) is 5.69. The van der Waals surface area contributed by atoms with E-state index in [4.69, 9.17) is 4.98 Å². The smallest absolute Gasteiger partial charge is 0.294 e. The molecule has 4 aromatic rings. The van der Waals surface area contributed by atoms with Crippen LogP contribution in [0.1, 0.15) is 11.1 Å². The second-order valence-electron chi connectivity index (χ2n) is 6.36. The zero-order chi connectivity index (χ0) is 21.3. The van der Waals surface area contributed by atoms with Crippen molar-refractivity contribution in [3.8, 4) is 22.6 Å². The summed E-state index contributed by atoms with van der Waals surface area (Å²) in [7, 11) is 0. The van der Waals surface area contributed by atoms with E-state index in [1.54, 1.807) is 6.20 Å². The predicted molar refractivity (Wildman–Crippen MR) is 99.6 cm³/mol. The zero-order valence-electron chi connectivity index (χ0n) is 15.5. The monoisotopic (exact) mass is 605 g/mol. The van der Waals surface area contributed by atoms with E-state index in [9.17, 15) is 22.0 Å². The van der Waals surface area contributed by atoms with Gasteiger partial charge in [-0.2, -0.15) is 0 Å². The molecule has 0 amide bonds. The molecule has 0 unspecified atom stereocenters. The van der Waals surface area contributed by atoms with Crippen LogP contribution in [0.15, 0.2) is 54.7 Å². The Hall–Kier alpha value is -2.92. The van der Waals surface area contributed by atoms with Crippen LogP contribution in [0, 0.1) is 41.2 Å². The molecule has 0 spiro atoms. The van der Waals surface area contributed by atoms with Crippen LogP contribution in [0.4, 0.5) is 22.0 Å². The normalized spacial score (nSPS) is 11.0. The molecular weight excluding hydrogens is 594 g/mol. The van der Waals surface area contributed by atoms with Gasteiger partial charge in [-0.25, -0.2) is 13.2 Å². The van der Waals surface area contributed by atoms with Crippen molar-refractivity contribution in [1.82, 2.24) is 9.97 Å². The summed E-state index contributed by atoms with van der Waals surface area (Å²) in [4.78, 5) is 9.13. The van der Waals surface area contributed by atoms with Crippen molar-refractivity contribution >= 4 is 0 Å². The van der Waals surface area contributed by atoms with E-state index in [1.165, 1.54) is 11.1 Å². The van der Waals surface area contributed by atoms with Crippen molar-refractivity contribution in [1.29, 1.82) is 0 Å². The van der Waals surface area contributed by atoms with E-state index in [0.717, 1.165) is 35.1 Å².